The zero-order valence-electron chi connectivity index (χ0n) is 22.6. The van der Waals surface area contributed by atoms with Crippen LogP contribution in [0.3, 0.4) is 0 Å². The topological polar surface area (TPSA) is 66.9 Å². The number of ether oxygens (including phenoxy) is 1. The van der Waals surface area contributed by atoms with E-state index in [0.717, 1.165) is 15.6 Å². The van der Waals surface area contributed by atoms with Crippen LogP contribution in [0.15, 0.2) is 78.2 Å². The van der Waals surface area contributed by atoms with E-state index in [1.807, 2.05) is 41.8 Å². The van der Waals surface area contributed by atoms with Crippen LogP contribution in [-0.4, -0.2) is 53.3 Å². The number of nitrogens with zero attached hydrogens (tertiary/aromatic N) is 2. The molecular formula is C32H30ClFN2O4S. The van der Waals surface area contributed by atoms with Gasteiger partial charge in [0.05, 0.1) is 12.7 Å². The molecule has 1 fully saturated rings. The van der Waals surface area contributed by atoms with Crippen molar-refractivity contribution < 1.29 is 23.5 Å². The smallest absolute Gasteiger partial charge is 0.305 e. The number of carbonyl (C=O) groups is 3. The molecule has 1 aliphatic rings. The summed E-state index contributed by atoms with van der Waals surface area (Å²) in [6.45, 7) is 0.849. The summed E-state index contributed by atoms with van der Waals surface area (Å²) in [5.41, 5.74) is 0.423. The highest BCUT2D eigenvalue weighted by atomic mass is 35.5. The molecule has 0 bridgehead atoms. The summed E-state index contributed by atoms with van der Waals surface area (Å²) in [6, 6.07) is 21.2. The predicted molar refractivity (Wildman–Crippen MR) is 158 cm³/mol. The van der Waals surface area contributed by atoms with E-state index >= 15 is 0 Å². The Kier molecular flexibility index (Phi) is 8.71. The molecule has 9 heteroatoms. The number of hydrogen-bond donors (Lipinski definition) is 0. The Morgan fingerprint density at radius 1 is 1.07 bits per heavy atom. The Morgan fingerprint density at radius 2 is 1.85 bits per heavy atom. The van der Waals surface area contributed by atoms with Gasteiger partial charge in [-0.15, -0.1) is 11.3 Å². The zero-order chi connectivity index (χ0) is 29.0. The molecule has 1 aliphatic heterocycles. The third-order valence-corrected chi connectivity index (χ3v) is 8.85. The van der Waals surface area contributed by atoms with Crippen LogP contribution in [0.5, 0.6) is 0 Å². The van der Waals surface area contributed by atoms with E-state index in [1.54, 1.807) is 40.1 Å². The van der Waals surface area contributed by atoms with Gasteiger partial charge in [0, 0.05) is 53.0 Å². The molecule has 6 nitrogen and oxygen atoms in total. The number of thiophene rings is 1. The molecule has 0 saturated carbocycles. The van der Waals surface area contributed by atoms with Crippen LogP contribution in [0.25, 0.3) is 10.1 Å². The molecule has 1 saturated heterocycles. The Bertz CT molecular complexity index is 1590. The van der Waals surface area contributed by atoms with Gasteiger partial charge in [-0.05, 0) is 48.2 Å². The standard InChI is InChI=1S/C32H30ClFN2O4S/c1-40-29(37)14-7-16-35(20-22-8-6-10-24(33)18-22)31(39)32(19-23-9-2-4-12-27(23)34)15-17-36(32)30(38)26-21-41-28-13-5-3-11-25(26)28/h2-6,8-13,18,21H,7,14-17,19-20H2,1H3. The summed E-state index contributed by atoms with van der Waals surface area (Å²) in [5.74, 6) is -1.33. The number of likely N-dealkylation sites (tertiary alicyclic amines) is 1. The number of fused-ring (bicyclic) bond motifs is 1. The maximum absolute atomic E-state index is 15.0. The average molecular weight is 593 g/mol. The maximum Gasteiger partial charge on any atom is 0.305 e. The van der Waals surface area contributed by atoms with Crippen molar-refractivity contribution in [3.05, 3.63) is 106 Å². The molecule has 4 aromatic rings. The minimum atomic E-state index is -1.29. The van der Waals surface area contributed by atoms with Gasteiger partial charge in [0.2, 0.25) is 5.91 Å². The molecule has 1 atom stereocenters. The maximum atomic E-state index is 15.0. The Labute approximate surface area is 247 Å². The van der Waals surface area contributed by atoms with Crippen LogP contribution in [0, 0.1) is 5.82 Å². The lowest BCUT2D eigenvalue weighted by Crippen LogP contribution is -2.70. The van der Waals surface area contributed by atoms with Gasteiger partial charge < -0.3 is 14.5 Å². The average Bonchev–Trinajstić information content (AvgIpc) is 3.39. The first-order chi connectivity index (χ1) is 19.8. The molecule has 0 spiro atoms. The minimum absolute atomic E-state index is 0.0371. The third kappa shape index (κ3) is 5.99. The van der Waals surface area contributed by atoms with Gasteiger partial charge in [-0.2, -0.15) is 0 Å². The number of halogens is 2. The second kappa shape index (κ2) is 12.4. The first-order valence-corrected chi connectivity index (χ1v) is 14.7. The van der Waals surface area contributed by atoms with Gasteiger partial charge in [0.15, 0.2) is 0 Å². The van der Waals surface area contributed by atoms with Crippen molar-refractivity contribution in [1.29, 1.82) is 0 Å². The molecule has 3 aromatic carbocycles. The summed E-state index contributed by atoms with van der Waals surface area (Å²) in [4.78, 5) is 43.8. The number of hydrogen-bond acceptors (Lipinski definition) is 5. The lowest BCUT2D eigenvalue weighted by molar-refractivity contribution is -0.152. The van der Waals surface area contributed by atoms with Gasteiger partial charge >= 0.3 is 5.97 Å². The van der Waals surface area contributed by atoms with E-state index in [-0.39, 0.29) is 43.7 Å². The van der Waals surface area contributed by atoms with E-state index in [9.17, 15) is 18.8 Å². The summed E-state index contributed by atoms with van der Waals surface area (Å²) < 4.78 is 20.8. The largest absolute Gasteiger partial charge is 0.469 e. The highest BCUT2D eigenvalue weighted by molar-refractivity contribution is 7.17. The number of benzene rings is 3. The Hall–Kier alpha value is -3.75. The van der Waals surface area contributed by atoms with Crippen molar-refractivity contribution in [2.45, 2.75) is 37.8 Å². The number of methoxy groups -OCH3 is 1. The molecule has 212 valence electrons. The lowest BCUT2D eigenvalue weighted by atomic mass is 9.77. The lowest BCUT2D eigenvalue weighted by Gasteiger charge is -2.53. The molecule has 41 heavy (non-hydrogen) atoms. The van der Waals surface area contributed by atoms with Gasteiger partial charge in [-0.1, -0.05) is 60.1 Å². The Balaban J connectivity index is 1.52. The number of carbonyl (C=O) groups excluding carboxylic acids is 3. The summed E-state index contributed by atoms with van der Waals surface area (Å²) in [5, 5.41) is 3.19. The molecule has 2 amide bonds. The number of amides is 2. The zero-order valence-corrected chi connectivity index (χ0v) is 24.2. The van der Waals surface area contributed by atoms with Crippen LogP contribution in [0.4, 0.5) is 4.39 Å². The molecule has 2 heterocycles. The fourth-order valence-electron chi connectivity index (χ4n) is 5.44. The van der Waals surface area contributed by atoms with Crippen molar-refractivity contribution in [2.75, 3.05) is 20.2 Å². The first kappa shape index (κ1) is 28.8. The fraction of sp³-hybridized carbons (Fsp3) is 0.281. The second-order valence-corrected chi connectivity index (χ2v) is 11.5. The normalized spacial score (nSPS) is 16.3. The van der Waals surface area contributed by atoms with Crippen molar-refractivity contribution in [3.8, 4) is 0 Å². The Morgan fingerprint density at radius 3 is 2.59 bits per heavy atom. The van der Waals surface area contributed by atoms with Crippen LogP contribution in [-0.2, 0) is 27.3 Å². The van der Waals surface area contributed by atoms with Crippen LogP contribution in [0.1, 0.15) is 40.7 Å². The van der Waals surface area contributed by atoms with E-state index in [4.69, 9.17) is 16.3 Å². The third-order valence-electron chi connectivity index (χ3n) is 7.65. The molecule has 5 rings (SSSR count). The van der Waals surface area contributed by atoms with Crippen LogP contribution < -0.4 is 0 Å². The van der Waals surface area contributed by atoms with Gasteiger partial charge in [-0.3, -0.25) is 14.4 Å². The van der Waals surface area contributed by atoms with E-state index in [0.29, 0.717) is 35.5 Å². The quantitative estimate of drug-likeness (QED) is 0.197. The predicted octanol–water partition coefficient (Wildman–Crippen LogP) is 6.50. The highest BCUT2D eigenvalue weighted by Crippen LogP contribution is 2.40. The van der Waals surface area contributed by atoms with Crippen molar-refractivity contribution in [1.82, 2.24) is 9.80 Å². The van der Waals surface area contributed by atoms with Crippen molar-refractivity contribution >= 4 is 50.8 Å². The SMILES string of the molecule is COC(=O)CCCN(Cc1cccc(Cl)c1)C(=O)C1(Cc2ccccc2F)CCN1C(=O)c1csc2ccccc12. The van der Waals surface area contributed by atoms with Gasteiger partial charge in [-0.25, -0.2) is 4.39 Å². The molecule has 0 radical (unpaired) electrons. The van der Waals surface area contributed by atoms with E-state index in [2.05, 4.69) is 0 Å². The molecule has 1 unspecified atom stereocenters. The number of esters is 1. The highest BCUT2D eigenvalue weighted by Gasteiger charge is 2.55. The molecule has 1 aromatic heterocycles. The minimum Gasteiger partial charge on any atom is -0.469 e. The number of rotatable bonds is 10. The van der Waals surface area contributed by atoms with E-state index < -0.39 is 11.4 Å². The fourth-order valence-corrected chi connectivity index (χ4v) is 6.58. The monoisotopic (exact) mass is 592 g/mol. The van der Waals surface area contributed by atoms with Gasteiger partial charge in [0.1, 0.15) is 11.4 Å². The summed E-state index contributed by atoms with van der Waals surface area (Å²) in [7, 11) is 1.33. The molecule has 0 aliphatic carbocycles. The van der Waals surface area contributed by atoms with Gasteiger partial charge in [0.25, 0.3) is 5.91 Å². The molecular weight excluding hydrogens is 563 g/mol. The summed E-state index contributed by atoms with van der Waals surface area (Å²) in [6.07, 6.45) is 0.934. The summed E-state index contributed by atoms with van der Waals surface area (Å²) >= 11 is 7.71. The van der Waals surface area contributed by atoms with Crippen LogP contribution in [0.2, 0.25) is 5.02 Å². The van der Waals surface area contributed by atoms with Crippen LogP contribution >= 0.6 is 22.9 Å². The van der Waals surface area contributed by atoms with Crippen molar-refractivity contribution in [3.63, 3.8) is 0 Å². The van der Waals surface area contributed by atoms with E-state index in [1.165, 1.54) is 24.5 Å². The first-order valence-electron chi connectivity index (χ1n) is 13.4. The molecule has 0 N–H and O–H groups in total. The second-order valence-electron chi connectivity index (χ2n) is 10.2. The van der Waals surface area contributed by atoms with Crippen molar-refractivity contribution in [2.24, 2.45) is 0 Å².